The van der Waals surface area contributed by atoms with E-state index < -0.39 is 0 Å². The smallest absolute Gasteiger partial charge is 0.129 e. The van der Waals surface area contributed by atoms with E-state index in [2.05, 4.69) is 25.2 Å². The molecule has 1 nitrogen and oxygen atoms in total. The van der Waals surface area contributed by atoms with E-state index in [1.165, 1.54) is 5.57 Å². The molecular weight excluding hydrogens is 124 g/mol. The largest absolute Gasteiger partial charge is 0.493 e. The monoisotopic (exact) mass is 134 g/mol. The minimum atomic E-state index is 0.296. The third-order valence-corrected chi connectivity index (χ3v) is 2.00. The molecular formula is C9H10O. The summed E-state index contributed by atoms with van der Waals surface area (Å²) in [5, 5.41) is 0. The highest BCUT2D eigenvalue weighted by Gasteiger charge is 2.23. The second-order valence-corrected chi connectivity index (χ2v) is 2.77. The summed E-state index contributed by atoms with van der Waals surface area (Å²) in [6, 6.07) is 0. The predicted octanol–water partition coefficient (Wildman–Crippen LogP) is 2.03. The lowest BCUT2D eigenvalue weighted by molar-refractivity contribution is 0.161. The Morgan fingerprint density at radius 1 is 1.50 bits per heavy atom. The standard InChI is InChI=1S/C9H10O/c1-7-3-2-4-8-5-6-10-9(7)8/h2-7,9H,1H3. The van der Waals surface area contributed by atoms with E-state index in [4.69, 9.17) is 4.74 Å². The van der Waals surface area contributed by atoms with Gasteiger partial charge in [-0.2, -0.15) is 0 Å². The zero-order chi connectivity index (χ0) is 6.97. The Hall–Kier alpha value is -0.980. The molecule has 0 spiro atoms. The Labute approximate surface area is 60.7 Å². The Balaban J connectivity index is 2.31. The molecule has 1 aliphatic heterocycles. The van der Waals surface area contributed by atoms with Crippen LogP contribution in [0, 0.1) is 5.92 Å². The van der Waals surface area contributed by atoms with Crippen molar-refractivity contribution in [3.63, 3.8) is 0 Å². The molecule has 0 aromatic rings. The van der Waals surface area contributed by atoms with Gasteiger partial charge in [0.15, 0.2) is 0 Å². The lowest BCUT2D eigenvalue weighted by Gasteiger charge is -2.19. The zero-order valence-corrected chi connectivity index (χ0v) is 5.95. The van der Waals surface area contributed by atoms with E-state index in [1.54, 1.807) is 6.26 Å². The van der Waals surface area contributed by atoms with Crippen LogP contribution in [0.15, 0.2) is 36.1 Å². The summed E-state index contributed by atoms with van der Waals surface area (Å²) in [7, 11) is 0. The minimum absolute atomic E-state index is 0.296. The average molecular weight is 134 g/mol. The van der Waals surface area contributed by atoms with E-state index in [0.29, 0.717) is 12.0 Å². The lowest BCUT2D eigenvalue weighted by Crippen LogP contribution is -2.18. The lowest BCUT2D eigenvalue weighted by atomic mass is 9.94. The van der Waals surface area contributed by atoms with Gasteiger partial charge in [-0.1, -0.05) is 25.2 Å². The molecule has 0 saturated carbocycles. The van der Waals surface area contributed by atoms with Crippen molar-refractivity contribution in [1.29, 1.82) is 0 Å². The van der Waals surface area contributed by atoms with Gasteiger partial charge in [-0.15, -0.1) is 0 Å². The van der Waals surface area contributed by atoms with Crippen LogP contribution in [0.4, 0.5) is 0 Å². The average Bonchev–Trinajstić information content (AvgIpc) is 2.36. The first kappa shape index (κ1) is 5.78. The summed E-state index contributed by atoms with van der Waals surface area (Å²) < 4.78 is 5.37. The fourth-order valence-electron chi connectivity index (χ4n) is 1.40. The SMILES string of the molecule is CC1C=CC=C2C=COC21. The van der Waals surface area contributed by atoms with Gasteiger partial charge in [-0.05, 0) is 11.6 Å². The normalized spacial score (nSPS) is 35.1. The van der Waals surface area contributed by atoms with E-state index in [1.807, 2.05) is 6.08 Å². The Morgan fingerprint density at radius 2 is 2.40 bits per heavy atom. The summed E-state index contributed by atoms with van der Waals surface area (Å²) in [5.74, 6) is 0.523. The summed E-state index contributed by atoms with van der Waals surface area (Å²) >= 11 is 0. The maximum absolute atomic E-state index is 5.37. The third kappa shape index (κ3) is 0.703. The molecule has 1 heterocycles. The quantitative estimate of drug-likeness (QED) is 0.492. The highest BCUT2D eigenvalue weighted by molar-refractivity contribution is 5.35. The van der Waals surface area contributed by atoms with Crippen LogP contribution in [0.25, 0.3) is 0 Å². The number of hydrogen-bond donors (Lipinski definition) is 0. The first-order valence-electron chi connectivity index (χ1n) is 3.58. The van der Waals surface area contributed by atoms with E-state index in [0.717, 1.165) is 0 Å². The van der Waals surface area contributed by atoms with Crippen LogP contribution >= 0.6 is 0 Å². The number of rotatable bonds is 0. The Kier molecular flexibility index (Phi) is 1.16. The number of allylic oxidation sites excluding steroid dienone is 2. The fourth-order valence-corrected chi connectivity index (χ4v) is 1.40. The van der Waals surface area contributed by atoms with Gasteiger partial charge in [0.2, 0.25) is 0 Å². The summed E-state index contributed by atoms with van der Waals surface area (Å²) in [6.07, 6.45) is 10.5. The van der Waals surface area contributed by atoms with Crippen LogP contribution in [0.1, 0.15) is 6.92 Å². The van der Waals surface area contributed by atoms with E-state index >= 15 is 0 Å². The Bertz CT molecular complexity index is 223. The van der Waals surface area contributed by atoms with E-state index in [9.17, 15) is 0 Å². The molecule has 0 N–H and O–H groups in total. The molecule has 2 aliphatic rings. The van der Waals surface area contributed by atoms with Gasteiger partial charge in [0.1, 0.15) is 6.10 Å². The maximum atomic E-state index is 5.37. The van der Waals surface area contributed by atoms with Crippen LogP contribution in [0.3, 0.4) is 0 Å². The summed E-state index contributed by atoms with van der Waals surface area (Å²) in [5.41, 5.74) is 1.30. The topological polar surface area (TPSA) is 9.23 Å². The van der Waals surface area contributed by atoms with Crippen molar-refractivity contribution in [2.75, 3.05) is 0 Å². The molecule has 52 valence electrons. The second kappa shape index (κ2) is 2.01. The highest BCUT2D eigenvalue weighted by atomic mass is 16.5. The molecule has 0 radical (unpaired) electrons. The highest BCUT2D eigenvalue weighted by Crippen LogP contribution is 2.27. The molecule has 0 fully saturated rings. The van der Waals surface area contributed by atoms with Crippen molar-refractivity contribution in [2.24, 2.45) is 5.92 Å². The third-order valence-electron chi connectivity index (χ3n) is 2.00. The zero-order valence-electron chi connectivity index (χ0n) is 5.95. The van der Waals surface area contributed by atoms with Crippen molar-refractivity contribution >= 4 is 0 Å². The van der Waals surface area contributed by atoms with Crippen molar-refractivity contribution in [2.45, 2.75) is 13.0 Å². The first-order chi connectivity index (χ1) is 4.88. The molecule has 2 unspecified atom stereocenters. The molecule has 0 aromatic carbocycles. The molecule has 0 amide bonds. The summed E-state index contributed by atoms with van der Waals surface area (Å²) in [4.78, 5) is 0. The molecule has 10 heavy (non-hydrogen) atoms. The van der Waals surface area contributed by atoms with Crippen LogP contribution < -0.4 is 0 Å². The second-order valence-electron chi connectivity index (χ2n) is 2.77. The first-order valence-corrected chi connectivity index (χ1v) is 3.58. The minimum Gasteiger partial charge on any atom is -0.493 e. The number of fused-ring (bicyclic) bond motifs is 1. The molecule has 1 heteroatoms. The van der Waals surface area contributed by atoms with Crippen LogP contribution in [-0.2, 0) is 4.74 Å². The van der Waals surface area contributed by atoms with Gasteiger partial charge in [-0.25, -0.2) is 0 Å². The number of hydrogen-bond acceptors (Lipinski definition) is 1. The molecule has 0 saturated heterocycles. The van der Waals surface area contributed by atoms with Gasteiger partial charge in [0.05, 0.1) is 6.26 Å². The maximum Gasteiger partial charge on any atom is 0.129 e. The number of ether oxygens (including phenoxy) is 1. The van der Waals surface area contributed by atoms with Crippen molar-refractivity contribution in [3.05, 3.63) is 36.1 Å². The summed E-state index contributed by atoms with van der Waals surface area (Å²) in [6.45, 7) is 2.17. The van der Waals surface area contributed by atoms with Crippen LogP contribution in [-0.4, -0.2) is 6.10 Å². The van der Waals surface area contributed by atoms with Crippen molar-refractivity contribution < 1.29 is 4.74 Å². The van der Waals surface area contributed by atoms with Crippen LogP contribution in [0.2, 0.25) is 0 Å². The van der Waals surface area contributed by atoms with Crippen molar-refractivity contribution in [1.82, 2.24) is 0 Å². The Morgan fingerprint density at radius 3 is 3.20 bits per heavy atom. The molecule has 0 bridgehead atoms. The van der Waals surface area contributed by atoms with Gasteiger partial charge in [-0.3, -0.25) is 0 Å². The fraction of sp³-hybridized carbons (Fsp3) is 0.333. The van der Waals surface area contributed by atoms with Gasteiger partial charge < -0.3 is 4.74 Å². The van der Waals surface area contributed by atoms with E-state index in [-0.39, 0.29) is 0 Å². The predicted molar refractivity (Wildman–Crippen MR) is 40.4 cm³/mol. The molecule has 2 rings (SSSR count). The van der Waals surface area contributed by atoms with Crippen molar-refractivity contribution in [3.8, 4) is 0 Å². The van der Waals surface area contributed by atoms with Gasteiger partial charge in [0, 0.05) is 5.92 Å². The van der Waals surface area contributed by atoms with Gasteiger partial charge >= 0.3 is 0 Å². The molecule has 0 aromatic heterocycles. The molecule has 1 aliphatic carbocycles. The van der Waals surface area contributed by atoms with Crippen LogP contribution in [0.5, 0.6) is 0 Å². The molecule has 2 atom stereocenters. The van der Waals surface area contributed by atoms with Gasteiger partial charge in [0.25, 0.3) is 0 Å².